The summed E-state index contributed by atoms with van der Waals surface area (Å²) in [7, 11) is 1.83. The van der Waals surface area contributed by atoms with Crippen LogP contribution in [0.1, 0.15) is 39.3 Å². The summed E-state index contributed by atoms with van der Waals surface area (Å²) < 4.78 is 1.79. The predicted octanol–water partition coefficient (Wildman–Crippen LogP) is 3.12. The summed E-state index contributed by atoms with van der Waals surface area (Å²) in [5.41, 5.74) is 0.101. The number of aromatic nitrogens is 1. The van der Waals surface area contributed by atoms with Crippen LogP contribution in [-0.2, 0) is 18.4 Å². The van der Waals surface area contributed by atoms with Crippen molar-refractivity contribution in [3.63, 3.8) is 0 Å². The smallest absolute Gasteiger partial charge is 0.325 e. The van der Waals surface area contributed by atoms with Crippen LogP contribution < -0.4 is 16.0 Å². The molecule has 1 saturated heterocycles. The molecule has 1 aliphatic rings. The maximum Gasteiger partial charge on any atom is 0.325 e. The van der Waals surface area contributed by atoms with Gasteiger partial charge in [-0.1, -0.05) is 30.1 Å². The summed E-state index contributed by atoms with van der Waals surface area (Å²) >= 11 is 12.1. The number of nitrogens with zero attached hydrogens (tertiary/aromatic N) is 3. The Morgan fingerprint density at radius 2 is 1.97 bits per heavy atom. The van der Waals surface area contributed by atoms with Crippen molar-refractivity contribution in [2.45, 2.75) is 45.7 Å². The molecular weight excluding hydrogens is 530 g/mol. The topological polar surface area (TPSA) is 90.8 Å². The quantitative estimate of drug-likeness (QED) is 0.150. The SMILES string of the molecule is CCNC(=NCc1cc(Cl)c(Cl)n1C)NCCCN1C(=O)NC(C)(CC)C1=O.I. The number of nitrogens with one attached hydrogen (secondary N) is 3. The van der Waals surface area contributed by atoms with Gasteiger partial charge in [0.25, 0.3) is 5.91 Å². The van der Waals surface area contributed by atoms with Gasteiger partial charge in [0.2, 0.25) is 0 Å². The lowest BCUT2D eigenvalue weighted by atomic mass is 9.99. The highest BCUT2D eigenvalue weighted by Gasteiger charge is 2.45. The molecule has 1 atom stereocenters. The molecule has 1 aromatic rings. The van der Waals surface area contributed by atoms with Gasteiger partial charge in [-0.2, -0.15) is 0 Å². The molecule has 164 valence electrons. The number of carbonyl (C=O) groups is 2. The molecule has 0 saturated carbocycles. The molecule has 2 rings (SSSR count). The molecular formula is C18H29Cl2IN6O2. The van der Waals surface area contributed by atoms with Crippen LogP contribution in [0.4, 0.5) is 4.79 Å². The number of imide groups is 1. The van der Waals surface area contributed by atoms with E-state index in [-0.39, 0.29) is 35.9 Å². The lowest BCUT2D eigenvalue weighted by Gasteiger charge is -2.19. The molecule has 1 fully saturated rings. The highest BCUT2D eigenvalue weighted by molar-refractivity contribution is 14.0. The van der Waals surface area contributed by atoms with Crippen molar-refractivity contribution < 1.29 is 9.59 Å². The lowest BCUT2D eigenvalue weighted by Crippen LogP contribution is -2.43. The Morgan fingerprint density at radius 1 is 1.28 bits per heavy atom. The van der Waals surface area contributed by atoms with E-state index in [4.69, 9.17) is 23.2 Å². The molecule has 3 amide bonds. The van der Waals surface area contributed by atoms with Crippen LogP contribution in [-0.4, -0.2) is 52.5 Å². The van der Waals surface area contributed by atoms with E-state index in [1.807, 2.05) is 20.9 Å². The monoisotopic (exact) mass is 558 g/mol. The number of halogens is 3. The summed E-state index contributed by atoms with van der Waals surface area (Å²) in [4.78, 5) is 30.2. The van der Waals surface area contributed by atoms with Crippen LogP contribution >= 0.6 is 47.2 Å². The van der Waals surface area contributed by atoms with Gasteiger partial charge in [0.15, 0.2) is 5.96 Å². The van der Waals surface area contributed by atoms with Crippen molar-refractivity contribution >= 4 is 65.1 Å². The third kappa shape index (κ3) is 6.14. The Hall–Kier alpha value is -1.20. The van der Waals surface area contributed by atoms with Gasteiger partial charge in [0, 0.05) is 32.4 Å². The molecule has 1 aromatic heterocycles. The highest BCUT2D eigenvalue weighted by Crippen LogP contribution is 2.25. The Balaban J connectivity index is 0.00000420. The van der Waals surface area contributed by atoms with Crippen LogP contribution in [0.2, 0.25) is 10.2 Å². The third-order valence-electron chi connectivity index (χ3n) is 4.86. The summed E-state index contributed by atoms with van der Waals surface area (Å²) in [6, 6.07) is 1.46. The number of hydrogen-bond acceptors (Lipinski definition) is 3. The van der Waals surface area contributed by atoms with Crippen LogP contribution in [0.25, 0.3) is 0 Å². The van der Waals surface area contributed by atoms with Crippen molar-refractivity contribution in [2.24, 2.45) is 12.0 Å². The number of carbonyl (C=O) groups excluding carboxylic acids is 2. The third-order valence-corrected chi connectivity index (χ3v) is 5.70. The average Bonchev–Trinajstić information content (AvgIpc) is 3.04. The van der Waals surface area contributed by atoms with Crippen LogP contribution in [0.15, 0.2) is 11.1 Å². The Kier molecular flexibility index (Phi) is 10.0. The molecule has 29 heavy (non-hydrogen) atoms. The molecule has 0 aliphatic carbocycles. The predicted molar refractivity (Wildman–Crippen MR) is 127 cm³/mol. The first-order chi connectivity index (χ1) is 13.2. The van der Waals surface area contributed by atoms with Crippen LogP contribution in [0, 0.1) is 0 Å². The molecule has 1 aliphatic heterocycles. The number of urea groups is 1. The zero-order valence-corrected chi connectivity index (χ0v) is 21.0. The van der Waals surface area contributed by atoms with E-state index in [0.717, 1.165) is 5.69 Å². The van der Waals surface area contributed by atoms with E-state index in [1.54, 1.807) is 17.6 Å². The molecule has 11 heteroatoms. The molecule has 0 radical (unpaired) electrons. The number of hydrogen-bond donors (Lipinski definition) is 3. The second-order valence-electron chi connectivity index (χ2n) is 6.88. The molecule has 0 aromatic carbocycles. The fourth-order valence-corrected chi connectivity index (χ4v) is 3.29. The van der Waals surface area contributed by atoms with Gasteiger partial charge in [0.05, 0.1) is 11.6 Å². The fourth-order valence-electron chi connectivity index (χ4n) is 2.88. The molecule has 3 N–H and O–H groups in total. The minimum Gasteiger partial charge on any atom is -0.357 e. The van der Waals surface area contributed by atoms with Gasteiger partial charge in [-0.3, -0.25) is 9.69 Å². The van der Waals surface area contributed by atoms with Gasteiger partial charge in [-0.25, -0.2) is 9.79 Å². The van der Waals surface area contributed by atoms with Gasteiger partial charge in [0.1, 0.15) is 10.7 Å². The van der Waals surface area contributed by atoms with E-state index >= 15 is 0 Å². The van der Waals surface area contributed by atoms with E-state index in [0.29, 0.717) is 55.2 Å². The van der Waals surface area contributed by atoms with Crippen molar-refractivity contribution in [3.8, 4) is 0 Å². The van der Waals surface area contributed by atoms with Gasteiger partial charge in [-0.05, 0) is 32.8 Å². The normalized spacial score (nSPS) is 19.2. The molecule has 2 heterocycles. The number of rotatable bonds is 8. The Bertz CT molecular complexity index is 770. The molecule has 0 bridgehead atoms. The minimum atomic E-state index is -0.793. The molecule has 1 unspecified atom stereocenters. The molecule has 8 nitrogen and oxygen atoms in total. The maximum absolute atomic E-state index is 12.4. The summed E-state index contributed by atoms with van der Waals surface area (Å²) in [6.07, 6.45) is 1.18. The second kappa shape index (κ2) is 11.3. The van der Waals surface area contributed by atoms with Crippen molar-refractivity contribution in [1.82, 2.24) is 25.4 Å². The second-order valence-corrected chi connectivity index (χ2v) is 7.65. The van der Waals surface area contributed by atoms with Gasteiger partial charge >= 0.3 is 6.03 Å². The van der Waals surface area contributed by atoms with Crippen LogP contribution in [0.3, 0.4) is 0 Å². The lowest BCUT2D eigenvalue weighted by molar-refractivity contribution is -0.130. The average molecular weight is 559 g/mol. The van der Waals surface area contributed by atoms with Crippen molar-refractivity contribution in [3.05, 3.63) is 21.9 Å². The van der Waals surface area contributed by atoms with Gasteiger partial charge in [-0.15, -0.1) is 24.0 Å². The maximum atomic E-state index is 12.4. The van der Waals surface area contributed by atoms with Crippen LogP contribution in [0.5, 0.6) is 0 Å². The number of aliphatic imine (C=N–C) groups is 1. The van der Waals surface area contributed by atoms with Crippen molar-refractivity contribution in [1.29, 1.82) is 0 Å². The minimum absolute atomic E-state index is 0. The van der Waals surface area contributed by atoms with E-state index in [9.17, 15) is 9.59 Å². The summed E-state index contributed by atoms with van der Waals surface area (Å²) in [5.74, 6) is 0.476. The highest BCUT2D eigenvalue weighted by atomic mass is 127. The number of guanidine groups is 1. The van der Waals surface area contributed by atoms with Gasteiger partial charge < -0.3 is 20.5 Å². The standard InChI is InChI=1S/C18H28Cl2N6O2.HI/c1-5-18(3)15(27)26(17(28)24-18)9-7-8-22-16(21-6-2)23-11-12-10-13(19)14(20)25(12)4;/h10H,5-9,11H2,1-4H3,(H,24,28)(H2,21,22,23);1H. The van der Waals surface area contributed by atoms with Crippen molar-refractivity contribution in [2.75, 3.05) is 19.6 Å². The zero-order valence-electron chi connectivity index (χ0n) is 17.1. The molecule has 0 spiro atoms. The first-order valence-electron chi connectivity index (χ1n) is 9.39. The first-order valence-corrected chi connectivity index (χ1v) is 10.1. The summed E-state index contributed by atoms with van der Waals surface area (Å²) in [6.45, 7) is 7.67. The van der Waals surface area contributed by atoms with E-state index in [2.05, 4.69) is 20.9 Å². The first kappa shape index (κ1) is 25.8. The Morgan fingerprint density at radius 3 is 2.48 bits per heavy atom. The number of amides is 3. The largest absolute Gasteiger partial charge is 0.357 e. The van der Waals surface area contributed by atoms with E-state index < -0.39 is 5.54 Å². The zero-order chi connectivity index (χ0) is 20.9. The fraction of sp³-hybridized carbons (Fsp3) is 0.611. The summed E-state index contributed by atoms with van der Waals surface area (Å²) in [5, 5.41) is 10.1. The van der Waals surface area contributed by atoms with E-state index in [1.165, 1.54) is 4.90 Å². The Labute approximate surface area is 198 Å².